The summed E-state index contributed by atoms with van der Waals surface area (Å²) in [6, 6.07) is -3.99. The third-order valence-corrected chi connectivity index (χ3v) is 5.44. The zero-order valence-corrected chi connectivity index (χ0v) is 14.2. The summed E-state index contributed by atoms with van der Waals surface area (Å²) in [4.78, 5) is 24.7. The number of hydrogen-bond donors (Lipinski definition) is 3. The number of rotatable bonds is 5. The third-order valence-electron chi connectivity index (χ3n) is 5.44. The fraction of sp³-hybridized carbons (Fsp3) is 0.875. The lowest BCUT2D eigenvalue weighted by molar-refractivity contribution is -0.176. The van der Waals surface area contributed by atoms with E-state index in [-0.39, 0.29) is 6.04 Å². The van der Waals surface area contributed by atoms with Crippen LogP contribution in [0, 0.1) is 11.8 Å². The van der Waals surface area contributed by atoms with Crippen molar-refractivity contribution in [2.75, 3.05) is 0 Å². The molecule has 0 bridgehead atoms. The molecular weight excluding hydrogens is 337 g/mol. The molecule has 0 radical (unpaired) electrons. The summed E-state index contributed by atoms with van der Waals surface area (Å²) in [6.07, 6.45) is 0.968. The van der Waals surface area contributed by atoms with Crippen LogP contribution in [0.2, 0.25) is 0 Å². The maximum absolute atomic E-state index is 13.3. The SMILES string of the molecule is C[C@H](NC1NC(=O)N(C(C2CC2)C(F)(F)F)C(=O)N1)C1CCCCC1. The molecule has 3 fully saturated rings. The molecule has 9 heteroatoms. The Kier molecular flexibility index (Phi) is 5.13. The standard InChI is InChI=1S/C16H25F3N4O2/c1-9(10-5-3-2-4-6-10)20-13-21-14(24)23(15(25)22-13)12(11-7-8-11)16(17,18)19/h9-13,20H,2-8H2,1H3,(H,21,24)(H,22,25)/t9-,12?/m0/s1. The van der Waals surface area contributed by atoms with Gasteiger partial charge in [-0.3, -0.25) is 5.32 Å². The van der Waals surface area contributed by atoms with Crippen molar-refractivity contribution in [2.45, 2.75) is 76.4 Å². The Morgan fingerprint density at radius 2 is 1.56 bits per heavy atom. The van der Waals surface area contributed by atoms with Crippen LogP contribution in [0.1, 0.15) is 51.9 Å². The average Bonchev–Trinajstić information content (AvgIpc) is 3.35. The van der Waals surface area contributed by atoms with Gasteiger partial charge in [-0.25, -0.2) is 14.5 Å². The number of alkyl halides is 3. The second-order valence-electron chi connectivity index (χ2n) is 7.38. The highest BCUT2D eigenvalue weighted by molar-refractivity contribution is 5.96. The Morgan fingerprint density at radius 3 is 2.04 bits per heavy atom. The van der Waals surface area contributed by atoms with E-state index in [1.807, 2.05) is 6.92 Å². The van der Waals surface area contributed by atoms with E-state index in [2.05, 4.69) is 16.0 Å². The van der Waals surface area contributed by atoms with Crippen LogP contribution in [0.3, 0.4) is 0 Å². The van der Waals surface area contributed by atoms with Crippen molar-refractivity contribution in [1.29, 1.82) is 0 Å². The molecule has 2 aliphatic carbocycles. The summed E-state index contributed by atoms with van der Waals surface area (Å²) in [7, 11) is 0. The van der Waals surface area contributed by atoms with Crippen molar-refractivity contribution < 1.29 is 22.8 Å². The molecule has 6 nitrogen and oxygen atoms in total. The van der Waals surface area contributed by atoms with Gasteiger partial charge in [-0.2, -0.15) is 13.2 Å². The minimum atomic E-state index is -4.62. The monoisotopic (exact) mass is 362 g/mol. The number of urea groups is 2. The lowest BCUT2D eigenvalue weighted by Gasteiger charge is -2.40. The second kappa shape index (κ2) is 7.01. The first-order valence-corrected chi connectivity index (χ1v) is 9.00. The van der Waals surface area contributed by atoms with Gasteiger partial charge in [0.05, 0.1) is 0 Å². The van der Waals surface area contributed by atoms with Crippen LogP contribution in [0.15, 0.2) is 0 Å². The summed E-state index contributed by atoms with van der Waals surface area (Å²) >= 11 is 0. The zero-order chi connectivity index (χ0) is 18.2. The van der Waals surface area contributed by atoms with E-state index < -0.39 is 36.5 Å². The first kappa shape index (κ1) is 18.3. The molecular formula is C16H25F3N4O2. The van der Waals surface area contributed by atoms with Crippen LogP contribution in [0.25, 0.3) is 0 Å². The number of carbonyl (C=O) groups is 2. The molecule has 1 saturated heterocycles. The Hall–Kier alpha value is -1.51. The van der Waals surface area contributed by atoms with Crippen LogP contribution in [-0.4, -0.2) is 41.5 Å². The molecule has 0 aromatic heterocycles. The molecule has 1 aliphatic heterocycles. The molecule has 2 saturated carbocycles. The van der Waals surface area contributed by atoms with Gasteiger partial charge in [0.2, 0.25) is 0 Å². The Labute approximate surface area is 144 Å². The summed E-state index contributed by atoms with van der Waals surface area (Å²) in [5.41, 5.74) is 0. The molecule has 1 heterocycles. The fourth-order valence-electron chi connectivity index (χ4n) is 3.92. The lowest BCUT2D eigenvalue weighted by Crippen LogP contribution is -2.72. The number of imide groups is 1. The minimum Gasteiger partial charge on any atom is -0.305 e. The summed E-state index contributed by atoms with van der Waals surface area (Å²) in [6.45, 7) is 1.98. The van der Waals surface area contributed by atoms with Crippen LogP contribution in [0.4, 0.5) is 22.8 Å². The quantitative estimate of drug-likeness (QED) is 0.704. The largest absolute Gasteiger partial charge is 0.409 e. The van der Waals surface area contributed by atoms with Crippen molar-refractivity contribution in [3.63, 3.8) is 0 Å². The first-order valence-electron chi connectivity index (χ1n) is 9.00. The molecule has 0 aromatic carbocycles. The minimum absolute atomic E-state index is 0.0549. The highest BCUT2D eigenvalue weighted by Crippen LogP contribution is 2.43. The molecule has 4 amide bonds. The Balaban J connectivity index is 1.61. The second-order valence-corrected chi connectivity index (χ2v) is 7.38. The number of hydrogen-bond acceptors (Lipinski definition) is 3. The molecule has 0 spiro atoms. The number of carbonyl (C=O) groups excluding carboxylic acids is 2. The highest BCUT2D eigenvalue weighted by atomic mass is 19.4. The van der Waals surface area contributed by atoms with Crippen LogP contribution in [0.5, 0.6) is 0 Å². The number of nitrogens with zero attached hydrogens (tertiary/aromatic N) is 1. The average molecular weight is 362 g/mol. The van der Waals surface area contributed by atoms with Gasteiger partial charge in [-0.15, -0.1) is 0 Å². The highest BCUT2D eigenvalue weighted by Gasteiger charge is 2.56. The topological polar surface area (TPSA) is 73.5 Å². The van der Waals surface area contributed by atoms with Gasteiger partial charge in [0.1, 0.15) is 6.04 Å². The molecule has 2 atom stereocenters. The van der Waals surface area contributed by atoms with E-state index in [9.17, 15) is 22.8 Å². The molecule has 3 aliphatic rings. The van der Waals surface area contributed by atoms with Gasteiger partial charge in [-0.05, 0) is 44.4 Å². The summed E-state index contributed by atoms with van der Waals surface area (Å²) < 4.78 is 39.8. The van der Waals surface area contributed by atoms with Crippen molar-refractivity contribution in [2.24, 2.45) is 11.8 Å². The number of nitrogens with one attached hydrogen (secondary N) is 3. The van der Waals surface area contributed by atoms with Gasteiger partial charge in [0.25, 0.3) is 0 Å². The van der Waals surface area contributed by atoms with E-state index in [0.717, 1.165) is 25.7 Å². The molecule has 3 N–H and O–H groups in total. The van der Waals surface area contributed by atoms with E-state index in [1.54, 1.807) is 0 Å². The predicted octanol–water partition coefficient (Wildman–Crippen LogP) is 2.90. The maximum atomic E-state index is 13.3. The van der Waals surface area contributed by atoms with Crippen molar-refractivity contribution in [3.8, 4) is 0 Å². The maximum Gasteiger partial charge on any atom is 0.409 e. The van der Waals surface area contributed by atoms with E-state index in [0.29, 0.717) is 23.7 Å². The Bertz CT molecular complexity index is 500. The Morgan fingerprint density at radius 1 is 1.00 bits per heavy atom. The van der Waals surface area contributed by atoms with Gasteiger partial charge in [-0.1, -0.05) is 19.3 Å². The molecule has 25 heavy (non-hydrogen) atoms. The van der Waals surface area contributed by atoms with E-state index >= 15 is 0 Å². The van der Waals surface area contributed by atoms with E-state index in [1.165, 1.54) is 6.42 Å². The first-order chi connectivity index (χ1) is 11.8. The molecule has 142 valence electrons. The number of halogens is 3. The summed E-state index contributed by atoms with van der Waals surface area (Å²) in [5, 5.41) is 8.01. The molecule has 3 rings (SSSR count). The van der Waals surface area contributed by atoms with Gasteiger partial charge in [0.15, 0.2) is 6.29 Å². The van der Waals surface area contributed by atoms with Gasteiger partial charge >= 0.3 is 18.2 Å². The lowest BCUT2D eigenvalue weighted by atomic mass is 9.84. The predicted molar refractivity (Wildman–Crippen MR) is 84.4 cm³/mol. The van der Waals surface area contributed by atoms with E-state index in [4.69, 9.17) is 0 Å². The van der Waals surface area contributed by atoms with Crippen LogP contribution >= 0.6 is 0 Å². The van der Waals surface area contributed by atoms with Gasteiger partial charge in [0, 0.05) is 6.04 Å². The van der Waals surface area contributed by atoms with Crippen molar-refractivity contribution in [3.05, 3.63) is 0 Å². The smallest absolute Gasteiger partial charge is 0.305 e. The van der Waals surface area contributed by atoms with Crippen LogP contribution in [-0.2, 0) is 0 Å². The summed E-state index contributed by atoms with van der Waals surface area (Å²) in [5.74, 6) is -0.253. The van der Waals surface area contributed by atoms with Crippen LogP contribution < -0.4 is 16.0 Å². The molecule has 0 aromatic rings. The fourth-order valence-corrected chi connectivity index (χ4v) is 3.92. The van der Waals surface area contributed by atoms with Crippen molar-refractivity contribution >= 4 is 12.1 Å². The normalized spacial score (nSPS) is 26.2. The zero-order valence-electron chi connectivity index (χ0n) is 14.2. The number of amides is 4. The van der Waals surface area contributed by atoms with Crippen molar-refractivity contribution in [1.82, 2.24) is 20.9 Å². The van der Waals surface area contributed by atoms with Gasteiger partial charge < -0.3 is 10.6 Å². The molecule has 1 unspecified atom stereocenters. The third kappa shape index (κ3) is 4.19.